The van der Waals surface area contributed by atoms with Crippen LogP contribution in [-0.2, 0) is 12.0 Å². The van der Waals surface area contributed by atoms with Crippen molar-refractivity contribution < 1.29 is 0 Å². The Morgan fingerprint density at radius 3 is 2.00 bits per heavy atom. The molecule has 0 radical (unpaired) electrons. The van der Waals surface area contributed by atoms with Gasteiger partial charge in [0.15, 0.2) is 0 Å². The van der Waals surface area contributed by atoms with Crippen molar-refractivity contribution in [3.8, 4) is 0 Å². The predicted octanol–water partition coefficient (Wildman–Crippen LogP) is 4.04. The number of rotatable bonds is 4. The van der Waals surface area contributed by atoms with Crippen LogP contribution in [0, 0.1) is 10.8 Å². The summed E-state index contributed by atoms with van der Waals surface area (Å²) < 4.78 is 2.03. The van der Waals surface area contributed by atoms with E-state index >= 15 is 0 Å². The molecule has 0 aliphatic heterocycles. The molecule has 0 spiro atoms. The highest BCUT2D eigenvalue weighted by molar-refractivity contribution is 4.96. The lowest BCUT2D eigenvalue weighted by Gasteiger charge is -2.44. The molecule has 0 saturated heterocycles. The Balaban J connectivity index is 2.94. The van der Waals surface area contributed by atoms with Gasteiger partial charge >= 0.3 is 0 Å². The molecule has 1 rings (SSSR count). The number of aryl methyl sites for hydroxylation is 1. The molecule has 0 fully saturated rings. The zero-order valence-electron chi connectivity index (χ0n) is 13.3. The molecule has 0 aliphatic rings. The standard InChI is InChI=1S/C15H29N3/c1-9-12-10-18(17-16-12)15(7,8)11-14(5,6)13(2,3)4/h10H,9,11H2,1-8H3. The summed E-state index contributed by atoms with van der Waals surface area (Å²) >= 11 is 0. The third-order valence-electron chi connectivity index (χ3n) is 4.43. The van der Waals surface area contributed by atoms with Gasteiger partial charge in [-0.1, -0.05) is 46.8 Å². The quantitative estimate of drug-likeness (QED) is 0.808. The smallest absolute Gasteiger partial charge is 0.0824 e. The van der Waals surface area contributed by atoms with Crippen LogP contribution in [0.3, 0.4) is 0 Å². The summed E-state index contributed by atoms with van der Waals surface area (Å²) in [6, 6.07) is 0. The summed E-state index contributed by atoms with van der Waals surface area (Å²) in [7, 11) is 0. The first-order valence-electron chi connectivity index (χ1n) is 6.91. The van der Waals surface area contributed by atoms with Crippen molar-refractivity contribution in [1.29, 1.82) is 0 Å². The highest BCUT2D eigenvalue weighted by Crippen LogP contribution is 2.45. The van der Waals surface area contributed by atoms with Gasteiger partial charge in [0.25, 0.3) is 0 Å². The molecular formula is C15H29N3. The average molecular weight is 251 g/mol. The molecule has 0 atom stereocenters. The van der Waals surface area contributed by atoms with Crippen molar-refractivity contribution in [2.24, 2.45) is 10.8 Å². The Labute approximate surface area is 112 Å². The summed E-state index contributed by atoms with van der Waals surface area (Å²) in [5, 5.41) is 8.50. The monoisotopic (exact) mass is 251 g/mol. The minimum atomic E-state index is -0.00278. The lowest BCUT2D eigenvalue weighted by atomic mass is 9.64. The predicted molar refractivity (Wildman–Crippen MR) is 76.6 cm³/mol. The Hall–Kier alpha value is -0.860. The molecule has 0 aliphatic carbocycles. The normalized spacial score (nSPS) is 14.0. The summed E-state index contributed by atoms with van der Waals surface area (Å²) in [4.78, 5) is 0. The summed E-state index contributed by atoms with van der Waals surface area (Å²) in [5.74, 6) is 0. The second-order valence-electron chi connectivity index (χ2n) is 7.63. The average Bonchev–Trinajstić information content (AvgIpc) is 2.62. The van der Waals surface area contributed by atoms with E-state index in [2.05, 4.69) is 71.9 Å². The van der Waals surface area contributed by atoms with Crippen LogP contribution in [0.15, 0.2) is 6.20 Å². The molecular weight excluding hydrogens is 222 g/mol. The highest BCUT2D eigenvalue weighted by Gasteiger charge is 2.38. The molecule has 0 aromatic carbocycles. The minimum absolute atomic E-state index is 0.00278. The van der Waals surface area contributed by atoms with Gasteiger partial charge in [-0.05, 0) is 37.5 Å². The molecule has 3 nitrogen and oxygen atoms in total. The van der Waals surface area contributed by atoms with Crippen molar-refractivity contribution in [3.05, 3.63) is 11.9 Å². The topological polar surface area (TPSA) is 30.7 Å². The summed E-state index contributed by atoms with van der Waals surface area (Å²) in [6.45, 7) is 18.2. The maximum Gasteiger partial charge on any atom is 0.0824 e. The Kier molecular flexibility index (Phi) is 3.94. The minimum Gasteiger partial charge on any atom is -0.247 e. The molecule has 0 amide bonds. The largest absolute Gasteiger partial charge is 0.247 e. The third-order valence-corrected chi connectivity index (χ3v) is 4.43. The SMILES string of the molecule is CCc1cn(C(C)(C)CC(C)(C)C(C)(C)C)nn1. The van der Waals surface area contributed by atoms with E-state index in [1.54, 1.807) is 0 Å². The lowest BCUT2D eigenvalue weighted by Crippen LogP contribution is -2.39. The van der Waals surface area contributed by atoms with Crippen LogP contribution in [0.2, 0.25) is 0 Å². The summed E-state index contributed by atoms with van der Waals surface area (Å²) in [5.41, 5.74) is 1.58. The molecule has 0 N–H and O–H groups in total. The first-order chi connectivity index (χ1) is 7.99. The first-order valence-corrected chi connectivity index (χ1v) is 6.91. The van der Waals surface area contributed by atoms with E-state index in [0.29, 0.717) is 0 Å². The molecule has 1 aromatic rings. The molecule has 104 valence electrons. The Morgan fingerprint density at radius 1 is 1.06 bits per heavy atom. The number of aromatic nitrogens is 3. The van der Waals surface area contributed by atoms with Crippen LogP contribution >= 0.6 is 0 Å². The van der Waals surface area contributed by atoms with Gasteiger partial charge < -0.3 is 0 Å². The van der Waals surface area contributed by atoms with Gasteiger partial charge in [-0.25, -0.2) is 4.68 Å². The maximum absolute atomic E-state index is 4.29. The van der Waals surface area contributed by atoms with Gasteiger partial charge in [-0.15, -0.1) is 5.10 Å². The van der Waals surface area contributed by atoms with Gasteiger partial charge in [-0.3, -0.25) is 0 Å². The highest BCUT2D eigenvalue weighted by atomic mass is 15.4. The van der Waals surface area contributed by atoms with Crippen molar-refractivity contribution >= 4 is 0 Å². The molecule has 0 bridgehead atoms. The summed E-state index contributed by atoms with van der Waals surface area (Å²) in [6.07, 6.45) is 4.10. The molecule has 3 heteroatoms. The number of hydrogen-bond donors (Lipinski definition) is 0. The van der Waals surface area contributed by atoms with Crippen molar-refractivity contribution in [3.63, 3.8) is 0 Å². The van der Waals surface area contributed by atoms with Crippen LogP contribution in [0.1, 0.15) is 67.5 Å². The third kappa shape index (κ3) is 3.12. The van der Waals surface area contributed by atoms with E-state index < -0.39 is 0 Å². The fraction of sp³-hybridized carbons (Fsp3) is 0.867. The second kappa shape index (κ2) is 4.67. The van der Waals surface area contributed by atoms with Crippen LogP contribution in [-0.4, -0.2) is 15.0 Å². The van der Waals surface area contributed by atoms with Crippen LogP contribution in [0.5, 0.6) is 0 Å². The molecule has 18 heavy (non-hydrogen) atoms. The zero-order chi connectivity index (χ0) is 14.2. The molecule has 1 aromatic heterocycles. The van der Waals surface area contributed by atoms with Gasteiger partial charge in [0.2, 0.25) is 0 Å². The van der Waals surface area contributed by atoms with Crippen molar-refractivity contribution in [2.75, 3.05) is 0 Å². The lowest BCUT2D eigenvalue weighted by molar-refractivity contribution is 0.0655. The van der Waals surface area contributed by atoms with Crippen LogP contribution < -0.4 is 0 Å². The van der Waals surface area contributed by atoms with E-state index in [4.69, 9.17) is 0 Å². The van der Waals surface area contributed by atoms with Gasteiger partial charge in [-0.2, -0.15) is 0 Å². The maximum atomic E-state index is 4.29. The zero-order valence-corrected chi connectivity index (χ0v) is 13.3. The van der Waals surface area contributed by atoms with E-state index in [-0.39, 0.29) is 16.4 Å². The van der Waals surface area contributed by atoms with Crippen LogP contribution in [0.25, 0.3) is 0 Å². The van der Waals surface area contributed by atoms with E-state index in [0.717, 1.165) is 18.5 Å². The van der Waals surface area contributed by atoms with Crippen molar-refractivity contribution in [1.82, 2.24) is 15.0 Å². The second-order valence-corrected chi connectivity index (χ2v) is 7.63. The van der Waals surface area contributed by atoms with E-state index in [9.17, 15) is 0 Å². The Morgan fingerprint density at radius 2 is 1.61 bits per heavy atom. The molecule has 0 saturated carbocycles. The Bertz CT molecular complexity index is 394. The van der Waals surface area contributed by atoms with E-state index in [1.165, 1.54) is 0 Å². The molecule has 1 heterocycles. The van der Waals surface area contributed by atoms with Gasteiger partial charge in [0.1, 0.15) is 0 Å². The van der Waals surface area contributed by atoms with E-state index in [1.807, 2.05) is 4.68 Å². The van der Waals surface area contributed by atoms with Crippen LogP contribution in [0.4, 0.5) is 0 Å². The van der Waals surface area contributed by atoms with Gasteiger partial charge in [0.05, 0.1) is 11.2 Å². The number of nitrogens with zero attached hydrogens (tertiary/aromatic N) is 3. The fourth-order valence-corrected chi connectivity index (χ4v) is 2.18. The first kappa shape index (κ1) is 15.2. The number of hydrogen-bond acceptors (Lipinski definition) is 2. The molecule has 0 unspecified atom stereocenters. The fourth-order valence-electron chi connectivity index (χ4n) is 2.18. The van der Waals surface area contributed by atoms with Gasteiger partial charge in [0, 0.05) is 6.20 Å². The van der Waals surface area contributed by atoms with Crippen molar-refractivity contribution in [2.45, 2.75) is 73.8 Å².